The van der Waals surface area contributed by atoms with Gasteiger partial charge in [-0.05, 0) is 38.5 Å². The summed E-state index contributed by atoms with van der Waals surface area (Å²) in [6.45, 7) is 4.15. The maximum Gasteiger partial charge on any atom is 0.230 e. The van der Waals surface area contributed by atoms with Crippen LogP contribution in [0.3, 0.4) is 0 Å². The molecule has 1 N–H and O–H groups in total. The predicted molar refractivity (Wildman–Crippen MR) is 110 cm³/mol. The van der Waals surface area contributed by atoms with E-state index in [-0.39, 0.29) is 11.3 Å². The molecular weight excluding hydrogens is 356 g/mol. The van der Waals surface area contributed by atoms with Crippen LogP contribution in [0.5, 0.6) is 0 Å². The zero-order valence-corrected chi connectivity index (χ0v) is 17.9. The van der Waals surface area contributed by atoms with Gasteiger partial charge in [-0.2, -0.15) is 0 Å². The van der Waals surface area contributed by atoms with Crippen molar-refractivity contribution in [1.82, 2.24) is 15.1 Å². The van der Waals surface area contributed by atoms with Crippen LogP contribution in [0, 0.1) is 5.41 Å². The van der Waals surface area contributed by atoms with Crippen molar-refractivity contribution in [2.45, 2.75) is 63.6 Å². The number of carbonyl (C=O) groups is 1. The molecule has 0 radical (unpaired) electrons. The second-order valence-corrected chi connectivity index (χ2v) is 8.74. The van der Waals surface area contributed by atoms with E-state index < -0.39 is 0 Å². The Hall–Kier alpha value is -1.34. The standard InChI is InChI=1S/C21H38N4O3/c1-22-20(23-16-21(10-4-5-11-21)19(26)24(2)3)25-12-8-17(9-13-25)28-15-18-7-6-14-27-18/h17-18H,4-16H2,1-3H3,(H,22,23). The van der Waals surface area contributed by atoms with E-state index in [4.69, 9.17) is 9.47 Å². The highest BCUT2D eigenvalue weighted by Crippen LogP contribution is 2.39. The van der Waals surface area contributed by atoms with Crippen LogP contribution < -0.4 is 5.32 Å². The van der Waals surface area contributed by atoms with Gasteiger partial charge in [0.05, 0.1) is 24.2 Å². The van der Waals surface area contributed by atoms with Gasteiger partial charge in [-0.25, -0.2) is 0 Å². The van der Waals surface area contributed by atoms with Gasteiger partial charge in [0.15, 0.2) is 5.96 Å². The molecule has 0 aromatic carbocycles. The number of piperidine rings is 1. The van der Waals surface area contributed by atoms with E-state index in [0.717, 1.165) is 83.6 Å². The number of rotatable bonds is 6. The number of likely N-dealkylation sites (tertiary alicyclic amines) is 1. The molecule has 0 aromatic rings. The number of hydrogen-bond acceptors (Lipinski definition) is 4. The number of guanidine groups is 1. The monoisotopic (exact) mass is 394 g/mol. The molecule has 7 heteroatoms. The number of nitrogens with one attached hydrogen (secondary N) is 1. The summed E-state index contributed by atoms with van der Waals surface area (Å²) in [6.07, 6.45) is 9.11. The molecule has 2 aliphatic heterocycles. The fraction of sp³-hybridized carbons (Fsp3) is 0.905. The molecule has 28 heavy (non-hydrogen) atoms. The Kier molecular flexibility index (Phi) is 7.57. The van der Waals surface area contributed by atoms with Crippen LogP contribution in [-0.2, 0) is 14.3 Å². The third-order valence-electron chi connectivity index (χ3n) is 6.50. The van der Waals surface area contributed by atoms with Crippen molar-refractivity contribution in [2.24, 2.45) is 10.4 Å². The van der Waals surface area contributed by atoms with Crippen LogP contribution >= 0.6 is 0 Å². The minimum absolute atomic E-state index is 0.245. The first-order valence-corrected chi connectivity index (χ1v) is 10.9. The first kappa shape index (κ1) is 21.4. The van der Waals surface area contributed by atoms with Crippen LogP contribution in [0.15, 0.2) is 4.99 Å². The lowest BCUT2D eigenvalue weighted by atomic mass is 9.84. The molecule has 0 aromatic heterocycles. The lowest BCUT2D eigenvalue weighted by molar-refractivity contribution is -0.138. The topological polar surface area (TPSA) is 66.4 Å². The second kappa shape index (κ2) is 9.92. The van der Waals surface area contributed by atoms with E-state index in [1.807, 2.05) is 21.1 Å². The van der Waals surface area contributed by atoms with Crippen molar-refractivity contribution >= 4 is 11.9 Å². The second-order valence-electron chi connectivity index (χ2n) is 8.74. The molecule has 1 amide bonds. The molecule has 0 bridgehead atoms. The largest absolute Gasteiger partial charge is 0.376 e. The molecule has 160 valence electrons. The number of hydrogen-bond donors (Lipinski definition) is 1. The highest BCUT2D eigenvalue weighted by Gasteiger charge is 2.42. The van der Waals surface area contributed by atoms with Crippen LogP contribution in [-0.4, -0.2) is 87.9 Å². The van der Waals surface area contributed by atoms with E-state index >= 15 is 0 Å². The summed E-state index contributed by atoms with van der Waals surface area (Å²) in [5.74, 6) is 1.16. The van der Waals surface area contributed by atoms with Gasteiger partial charge in [0, 0.05) is 47.4 Å². The average molecular weight is 395 g/mol. The Morgan fingerprint density at radius 3 is 2.50 bits per heavy atom. The minimum atomic E-state index is -0.276. The van der Waals surface area contributed by atoms with Gasteiger partial charge in [-0.3, -0.25) is 9.79 Å². The number of ether oxygens (including phenoxy) is 2. The highest BCUT2D eigenvalue weighted by molar-refractivity contribution is 5.85. The first-order chi connectivity index (χ1) is 13.5. The Morgan fingerprint density at radius 1 is 1.21 bits per heavy atom. The van der Waals surface area contributed by atoms with E-state index in [0.29, 0.717) is 18.8 Å². The lowest BCUT2D eigenvalue weighted by Gasteiger charge is -2.36. The third-order valence-corrected chi connectivity index (χ3v) is 6.50. The molecule has 2 heterocycles. The highest BCUT2D eigenvalue weighted by atomic mass is 16.5. The average Bonchev–Trinajstić information content (AvgIpc) is 3.40. The zero-order chi connectivity index (χ0) is 20.0. The summed E-state index contributed by atoms with van der Waals surface area (Å²) in [5, 5.41) is 3.52. The van der Waals surface area contributed by atoms with E-state index in [1.165, 1.54) is 0 Å². The van der Waals surface area contributed by atoms with Crippen LogP contribution in [0.25, 0.3) is 0 Å². The molecule has 2 saturated heterocycles. The van der Waals surface area contributed by atoms with Gasteiger partial charge >= 0.3 is 0 Å². The molecule has 1 saturated carbocycles. The molecular formula is C21H38N4O3. The molecule has 3 aliphatic rings. The summed E-state index contributed by atoms with van der Waals surface area (Å²) in [7, 11) is 5.55. The summed E-state index contributed by atoms with van der Waals surface area (Å²) in [5.41, 5.74) is -0.276. The molecule has 7 nitrogen and oxygen atoms in total. The molecule has 1 unspecified atom stereocenters. The SMILES string of the molecule is CN=C(NCC1(C(=O)N(C)C)CCCC1)N1CCC(OCC2CCCO2)CC1. The normalized spacial score (nSPS) is 25.9. The minimum Gasteiger partial charge on any atom is -0.376 e. The van der Waals surface area contributed by atoms with Crippen LogP contribution in [0.4, 0.5) is 0 Å². The van der Waals surface area contributed by atoms with Gasteiger partial charge in [0.25, 0.3) is 0 Å². The summed E-state index contributed by atoms with van der Waals surface area (Å²) in [4.78, 5) is 21.3. The lowest BCUT2D eigenvalue weighted by Crippen LogP contribution is -2.52. The predicted octanol–water partition coefficient (Wildman–Crippen LogP) is 1.87. The fourth-order valence-electron chi connectivity index (χ4n) is 4.83. The quantitative estimate of drug-likeness (QED) is 0.550. The van der Waals surface area contributed by atoms with Gasteiger partial charge < -0.3 is 24.6 Å². The molecule has 1 aliphatic carbocycles. The Balaban J connectivity index is 1.46. The maximum absolute atomic E-state index is 12.8. The van der Waals surface area contributed by atoms with Crippen molar-refractivity contribution in [3.8, 4) is 0 Å². The summed E-state index contributed by atoms with van der Waals surface area (Å²) in [6, 6.07) is 0. The van der Waals surface area contributed by atoms with Crippen LogP contribution in [0.2, 0.25) is 0 Å². The van der Waals surface area contributed by atoms with Crippen molar-refractivity contribution in [3.63, 3.8) is 0 Å². The molecule has 3 fully saturated rings. The van der Waals surface area contributed by atoms with E-state index in [1.54, 1.807) is 4.90 Å². The molecule has 3 rings (SSSR count). The van der Waals surface area contributed by atoms with Crippen molar-refractivity contribution in [1.29, 1.82) is 0 Å². The summed E-state index contributed by atoms with van der Waals surface area (Å²) < 4.78 is 11.7. The van der Waals surface area contributed by atoms with Gasteiger partial charge in [0.1, 0.15) is 0 Å². The van der Waals surface area contributed by atoms with Crippen molar-refractivity contribution in [3.05, 3.63) is 0 Å². The summed E-state index contributed by atoms with van der Waals surface area (Å²) >= 11 is 0. The van der Waals surface area contributed by atoms with Crippen molar-refractivity contribution in [2.75, 3.05) is 54.0 Å². The first-order valence-electron chi connectivity index (χ1n) is 10.9. The smallest absolute Gasteiger partial charge is 0.230 e. The number of amides is 1. The Labute approximate surface area is 169 Å². The third kappa shape index (κ3) is 5.17. The Bertz CT molecular complexity index is 532. The van der Waals surface area contributed by atoms with Gasteiger partial charge in [0.2, 0.25) is 5.91 Å². The maximum atomic E-state index is 12.8. The van der Waals surface area contributed by atoms with E-state index in [2.05, 4.69) is 15.2 Å². The number of aliphatic imine (C=N–C) groups is 1. The zero-order valence-electron chi connectivity index (χ0n) is 17.9. The molecule has 1 atom stereocenters. The number of carbonyl (C=O) groups excluding carboxylic acids is 1. The van der Waals surface area contributed by atoms with Gasteiger partial charge in [-0.15, -0.1) is 0 Å². The fourth-order valence-corrected chi connectivity index (χ4v) is 4.83. The van der Waals surface area contributed by atoms with Gasteiger partial charge in [-0.1, -0.05) is 12.8 Å². The van der Waals surface area contributed by atoms with E-state index in [9.17, 15) is 4.79 Å². The van der Waals surface area contributed by atoms with Crippen LogP contribution in [0.1, 0.15) is 51.4 Å². The number of nitrogens with zero attached hydrogens (tertiary/aromatic N) is 3. The molecule has 0 spiro atoms. The van der Waals surface area contributed by atoms with Crippen molar-refractivity contribution < 1.29 is 14.3 Å². The Morgan fingerprint density at radius 2 is 1.93 bits per heavy atom.